The number of aryl methyl sites for hydroxylation is 1. The monoisotopic (exact) mass is 465 g/mol. The van der Waals surface area contributed by atoms with Crippen LogP contribution in [0.1, 0.15) is 105 Å². The molecule has 1 aromatic carbocycles. The van der Waals surface area contributed by atoms with Gasteiger partial charge in [-0.25, -0.2) is 0 Å². The fourth-order valence-corrected chi connectivity index (χ4v) is 3.95. The van der Waals surface area contributed by atoms with Gasteiger partial charge in [0.05, 0.1) is 12.7 Å². The van der Waals surface area contributed by atoms with E-state index in [4.69, 9.17) is 4.74 Å². The van der Waals surface area contributed by atoms with Crippen LogP contribution in [0.15, 0.2) is 24.3 Å². The Morgan fingerprint density at radius 3 is 1.97 bits per heavy atom. The molecule has 1 saturated heterocycles. The maximum Gasteiger partial charge on any atom is 0.225 e. The molecule has 1 N–H and O–H groups in total. The third-order valence-corrected chi connectivity index (χ3v) is 5.82. The van der Waals surface area contributed by atoms with Crippen LogP contribution in [0.2, 0.25) is 0 Å². The molecule has 194 valence electrons. The molecule has 0 aliphatic carbocycles. The van der Waals surface area contributed by atoms with E-state index in [1.165, 1.54) is 24.0 Å². The fraction of sp³-hybridized carbons (Fsp3) is 0.759. The van der Waals surface area contributed by atoms with Crippen LogP contribution in [0.25, 0.3) is 0 Å². The molecule has 3 atom stereocenters. The Morgan fingerprint density at radius 2 is 1.55 bits per heavy atom. The molecule has 1 aromatic rings. The number of aliphatic hydroxyl groups is 1. The Morgan fingerprint density at radius 1 is 1.06 bits per heavy atom. The van der Waals surface area contributed by atoms with Gasteiger partial charge >= 0.3 is 0 Å². The van der Waals surface area contributed by atoms with Crippen molar-refractivity contribution in [1.29, 1.82) is 0 Å². The van der Waals surface area contributed by atoms with E-state index < -0.39 is 6.10 Å². The number of nitrogens with zero attached hydrogens (tertiary/aromatic N) is 1. The molecule has 1 fully saturated rings. The first-order valence-electron chi connectivity index (χ1n) is 12.8. The predicted octanol–water partition coefficient (Wildman–Crippen LogP) is 7.23. The molecule has 0 aromatic heterocycles. The summed E-state index contributed by atoms with van der Waals surface area (Å²) < 4.78 is 5.18. The Balaban J connectivity index is 0. The fourth-order valence-electron chi connectivity index (χ4n) is 3.95. The summed E-state index contributed by atoms with van der Waals surface area (Å²) in [5.74, 6) is 0.680. The van der Waals surface area contributed by atoms with Crippen molar-refractivity contribution in [2.45, 2.75) is 106 Å². The molecule has 0 spiro atoms. The maximum absolute atomic E-state index is 12.8. The number of aliphatic hydroxyl groups excluding tert-OH is 1. The summed E-state index contributed by atoms with van der Waals surface area (Å²) in [5.41, 5.74) is 2.67. The van der Waals surface area contributed by atoms with E-state index in [0.29, 0.717) is 18.9 Å². The number of methoxy groups -OCH3 is 1. The number of carbonyl (C=O) groups excluding carboxylic acids is 1. The summed E-state index contributed by atoms with van der Waals surface area (Å²) in [4.78, 5) is 14.8. The zero-order chi connectivity index (χ0) is 24.5. The summed E-state index contributed by atoms with van der Waals surface area (Å²) in [6.45, 7) is 16.8. The van der Waals surface area contributed by atoms with Gasteiger partial charge in [-0.2, -0.15) is 0 Å². The number of piperidine rings is 1. The van der Waals surface area contributed by atoms with Gasteiger partial charge in [-0.15, -0.1) is 0 Å². The van der Waals surface area contributed by atoms with Gasteiger partial charge in [0.25, 0.3) is 0 Å². The normalized spacial score (nSPS) is 16.2. The van der Waals surface area contributed by atoms with E-state index >= 15 is 0 Å². The molecule has 0 saturated carbocycles. The predicted molar refractivity (Wildman–Crippen MR) is 144 cm³/mol. The number of hydrogen-bond donors (Lipinski definition) is 1. The molecule has 2 rings (SSSR count). The highest BCUT2D eigenvalue weighted by molar-refractivity contribution is 5.78. The van der Waals surface area contributed by atoms with Crippen molar-refractivity contribution in [3.63, 3.8) is 0 Å². The number of benzene rings is 1. The van der Waals surface area contributed by atoms with Crippen molar-refractivity contribution in [3.8, 4) is 0 Å². The smallest absolute Gasteiger partial charge is 0.225 e. The van der Waals surface area contributed by atoms with Gasteiger partial charge in [-0.3, -0.25) is 4.79 Å². The van der Waals surface area contributed by atoms with Gasteiger partial charge in [0, 0.05) is 32.0 Å². The first kappa shape index (κ1) is 33.8. The second-order valence-corrected chi connectivity index (χ2v) is 9.25. The van der Waals surface area contributed by atoms with Gasteiger partial charge in [0.2, 0.25) is 5.91 Å². The molecule has 1 amide bonds. The third kappa shape index (κ3) is 13.2. The van der Waals surface area contributed by atoms with Gasteiger partial charge in [-0.1, -0.05) is 91.6 Å². The molecule has 1 unspecified atom stereocenters. The van der Waals surface area contributed by atoms with Crippen molar-refractivity contribution in [2.24, 2.45) is 11.8 Å². The zero-order valence-electron chi connectivity index (χ0n) is 22.2. The largest absolute Gasteiger partial charge is 0.393 e. The van der Waals surface area contributed by atoms with Gasteiger partial charge in [0.1, 0.15) is 0 Å². The van der Waals surface area contributed by atoms with Gasteiger partial charge < -0.3 is 14.7 Å². The molecule has 4 nitrogen and oxygen atoms in total. The summed E-state index contributed by atoms with van der Waals surface area (Å²) >= 11 is 0. The van der Waals surface area contributed by atoms with Gasteiger partial charge in [-0.05, 0) is 44.1 Å². The summed E-state index contributed by atoms with van der Waals surface area (Å²) in [5, 5.41) is 10.4. The number of amides is 1. The van der Waals surface area contributed by atoms with Crippen LogP contribution in [0.4, 0.5) is 0 Å². The molecule has 0 bridgehead atoms. The molecule has 4 heteroatoms. The highest BCUT2D eigenvalue weighted by atomic mass is 16.5. The Kier molecular flexibility index (Phi) is 20.5. The Bertz CT molecular complexity index is 577. The van der Waals surface area contributed by atoms with E-state index in [2.05, 4.69) is 65.8 Å². The number of rotatable bonds is 8. The average molecular weight is 466 g/mol. The molecular formula is C29H55NO3. The van der Waals surface area contributed by atoms with Crippen molar-refractivity contribution < 1.29 is 14.6 Å². The molecular weight excluding hydrogens is 410 g/mol. The van der Waals surface area contributed by atoms with Crippen LogP contribution >= 0.6 is 0 Å². The van der Waals surface area contributed by atoms with Crippen LogP contribution in [-0.4, -0.2) is 48.8 Å². The van der Waals surface area contributed by atoms with Crippen LogP contribution in [-0.2, 0) is 9.53 Å². The summed E-state index contributed by atoms with van der Waals surface area (Å²) in [6.07, 6.45) is 5.43. The molecule has 0 radical (unpaired) electrons. The lowest BCUT2D eigenvalue weighted by Gasteiger charge is -2.34. The highest BCUT2D eigenvalue weighted by Gasteiger charge is 2.29. The highest BCUT2D eigenvalue weighted by Crippen LogP contribution is 2.29. The maximum atomic E-state index is 12.8. The van der Waals surface area contributed by atoms with Crippen molar-refractivity contribution in [2.75, 3.05) is 26.8 Å². The van der Waals surface area contributed by atoms with Crippen LogP contribution < -0.4 is 0 Å². The van der Waals surface area contributed by atoms with Crippen molar-refractivity contribution in [1.82, 2.24) is 4.90 Å². The topological polar surface area (TPSA) is 49.8 Å². The second kappa shape index (κ2) is 20.0. The average Bonchev–Trinajstić information content (AvgIpc) is 2.78. The molecule has 1 heterocycles. The van der Waals surface area contributed by atoms with Gasteiger partial charge in [0.15, 0.2) is 0 Å². The van der Waals surface area contributed by atoms with E-state index in [9.17, 15) is 9.90 Å². The Hall–Kier alpha value is -1.39. The minimum absolute atomic E-state index is 0. The standard InChI is InChI=1S/C22H35NO3.2C3H8.CH4/c1-5-18(15-26-4)21(24)14-17(3)22(25)23-12-10-20(11-13-23)19-8-6-16(2)7-9-19;2*1-3-2;/h6-9,17-18,20-21,24H,5,10-15H2,1-4H3;2*3H2,1-2H3;1H4/t17-,18+,21?;;;/m0.../s1. The molecule has 33 heavy (non-hydrogen) atoms. The first-order chi connectivity index (χ1) is 15.3. The number of ether oxygens (including phenoxy) is 1. The number of carbonyl (C=O) groups is 1. The minimum atomic E-state index is -0.482. The minimum Gasteiger partial charge on any atom is -0.393 e. The molecule has 1 aliphatic rings. The summed E-state index contributed by atoms with van der Waals surface area (Å²) in [6, 6.07) is 8.77. The molecule has 1 aliphatic heterocycles. The van der Waals surface area contributed by atoms with E-state index in [1.807, 2.05) is 11.8 Å². The number of likely N-dealkylation sites (tertiary alicyclic amines) is 1. The van der Waals surface area contributed by atoms with E-state index in [0.717, 1.165) is 32.4 Å². The Labute approximate surface area is 206 Å². The summed E-state index contributed by atoms with van der Waals surface area (Å²) in [7, 11) is 1.65. The quantitative estimate of drug-likeness (QED) is 0.440. The van der Waals surface area contributed by atoms with Crippen LogP contribution in [0.5, 0.6) is 0 Å². The lowest BCUT2D eigenvalue weighted by atomic mass is 9.87. The van der Waals surface area contributed by atoms with Crippen molar-refractivity contribution in [3.05, 3.63) is 35.4 Å². The zero-order valence-corrected chi connectivity index (χ0v) is 22.2. The van der Waals surface area contributed by atoms with E-state index in [-0.39, 0.29) is 25.2 Å². The third-order valence-electron chi connectivity index (χ3n) is 5.82. The second-order valence-electron chi connectivity index (χ2n) is 9.25. The van der Waals surface area contributed by atoms with Crippen LogP contribution in [0.3, 0.4) is 0 Å². The van der Waals surface area contributed by atoms with E-state index in [1.54, 1.807) is 7.11 Å². The lowest BCUT2D eigenvalue weighted by molar-refractivity contribution is -0.137. The van der Waals surface area contributed by atoms with Crippen LogP contribution in [0, 0.1) is 18.8 Å². The number of hydrogen-bond acceptors (Lipinski definition) is 3. The van der Waals surface area contributed by atoms with Crippen molar-refractivity contribution >= 4 is 5.91 Å². The first-order valence-corrected chi connectivity index (χ1v) is 12.8. The SMILES string of the molecule is C.CCC.CCC.CC[C@H](COC)C(O)C[C@H](C)C(=O)N1CCC(c2ccc(C)cc2)CC1. The lowest BCUT2D eigenvalue weighted by Crippen LogP contribution is -2.42.